The Hall–Kier alpha value is -1.57. The lowest BCUT2D eigenvalue weighted by atomic mass is 10.1. The molecule has 108 valence electrons. The van der Waals surface area contributed by atoms with Crippen LogP contribution in [0.5, 0.6) is 0 Å². The molecule has 2 rings (SSSR count). The number of aromatic nitrogens is 1. The summed E-state index contributed by atoms with van der Waals surface area (Å²) in [5.74, 6) is 0. The lowest BCUT2D eigenvalue weighted by Crippen LogP contribution is -2.26. The maximum Gasteiger partial charge on any atom is 0.0726 e. The highest BCUT2D eigenvalue weighted by Crippen LogP contribution is 2.27. The molecule has 2 heteroatoms. The van der Waals surface area contributed by atoms with Gasteiger partial charge < -0.3 is 4.90 Å². The predicted molar refractivity (Wildman–Crippen MR) is 88.5 cm³/mol. The number of fused-ring (bicyclic) bond motifs is 1. The molecule has 2 nitrogen and oxygen atoms in total. The number of hydrogen-bond acceptors (Lipinski definition) is 2. The summed E-state index contributed by atoms with van der Waals surface area (Å²) >= 11 is 0. The lowest BCUT2D eigenvalue weighted by molar-refractivity contribution is 0.679. The van der Waals surface area contributed by atoms with Crippen molar-refractivity contribution in [2.75, 3.05) is 18.0 Å². The molecule has 0 amide bonds. The smallest absolute Gasteiger partial charge is 0.0726 e. The predicted octanol–water partition coefficient (Wildman–Crippen LogP) is 4.95. The summed E-state index contributed by atoms with van der Waals surface area (Å²) in [6.07, 6.45) is 4.98. The largest absolute Gasteiger partial charge is 0.371 e. The Morgan fingerprint density at radius 2 is 1.65 bits per heavy atom. The minimum Gasteiger partial charge on any atom is -0.371 e. The van der Waals surface area contributed by atoms with Crippen molar-refractivity contribution in [2.24, 2.45) is 0 Å². The molecule has 2 aromatic rings. The molecule has 0 bridgehead atoms. The second-order valence-corrected chi connectivity index (χ2v) is 5.49. The van der Waals surface area contributed by atoms with Crippen LogP contribution >= 0.6 is 0 Å². The van der Waals surface area contributed by atoms with E-state index in [4.69, 9.17) is 0 Å². The zero-order chi connectivity index (χ0) is 14.4. The van der Waals surface area contributed by atoms with Crippen molar-refractivity contribution < 1.29 is 0 Å². The number of pyridine rings is 1. The van der Waals surface area contributed by atoms with E-state index in [0.29, 0.717) is 0 Å². The van der Waals surface area contributed by atoms with Crippen molar-refractivity contribution in [3.8, 4) is 0 Å². The molecule has 0 fully saturated rings. The van der Waals surface area contributed by atoms with Crippen LogP contribution in [0.4, 0.5) is 5.69 Å². The van der Waals surface area contributed by atoms with Crippen molar-refractivity contribution >= 4 is 16.6 Å². The van der Waals surface area contributed by atoms with Crippen LogP contribution in [-0.4, -0.2) is 18.1 Å². The molecule has 0 atom stereocenters. The number of benzene rings is 1. The Labute approximate surface area is 122 Å². The second-order valence-electron chi connectivity index (χ2n) is 5.49. The quantitative estimate of drug-likeness (QED) is 0.707. The number of hydrogen-bond donors (Lipinski definition) is 0. The van der Waals surface area contributed by atoms with E-state index in [9.17, 15) is 0 Å². The second kappa shape index (κ2) is 7.28. The number of anilines is 1. The van der Waals surface area contributed by atoms with Gasteiger partial charge in [-0.15, -0.1) is 0 Å². The van der Waals surface area contributed by atoms with Gasteiger partial charge in [0.1, 0.15) is 0 Å². The first-order chi connectivity index (χ1) is 9.76. The lowest BCUT2D eigenvalue weighted by Gasteiger charge is -2.26. The van der Waals surface area contributed by atoms with E-state index in [1.807, 2.05) is 0 Å². The molecule has 20 heavy (non-hydrogen) atoms. The summed E-state index contributed by atoms with van der Waals surface area (Å²) in [5, 5.41) is 1.28. The van der Waals surface area contributed by atoms with Gasteiger partial charge in [0.15, 0.2) is 0 Å². The zero-order valence-corrected chi connectivity index (χ0v) is 13.0. The van der Waals surface area contributed by atoms with Gasteiger partial charge in [-0.25, -0.2) is 0 Å². The summed E-state index contributed by atoms with van der Waals surface area (Å²) in [5.41, 5.74) is 3.58. The number of para-hydroxylation sites is 1. The monoisotopic (exact) mass is 270 g/mol. The molecule has 0 saturated carbocycles. The Bertz CT molecular complexity index is 540. The van der Waals surface area contributed by atoms with Crippen LogP contribution in [-0.2, 0) is 0 Å². The summed E-state index contributed by atoms with van der Waals surface area (Å²) in [6, 6.07) is 10.7. The minimum atomic E-state index is 1.11. The Balaban J connectivity index is 2.39. The Morgan fingerprint density at radius 3 is 2.30 bits per heavy atom. The topological polar surface area (TPSA) is 16.1 Å². The molecular formula is C18H26N2. The standard InChI is InChI=1S/C18H26N2/c1-4-6-12-20(13-7-5-2)18-14-15(3)19-17-11-9-8-10-16(17)18/h8-11,14H,4-7,12-13H2,1-3H3. The van der Waals surface area contributed by atoms with Crippen LogP contribution < -0.4 is 4.90 Å². The molecule has 0 aliphatic heterocycles. The third kappa shape index (κ3) is 3.50. The SMILES string of the molecule is CCCCN(CCCC)c1cc(C)nc2ccccc12. The first-order valence-corrected chi connectivity index (χ1v) is 7.87. The highest BCUT2D eigenvalue weighted by molar-refractivity contribution is 5.91. The Kier molecular flexibility index (Phi) is 5.40. The van der Waals surface area contributed by atoms with Crippen molar-refractivity contribution in [3.63, 3.8) is 0 Å². The van der Waals surface area contributed by atoms with Crippen molar-refractivity contribution in [1.29, 1.82) is 0 Å². The molecule has 0 saturated heterocycles. The summed E-state index contributed by atoms with van der Waals surface area (Å²) < 4.78 is 0. The van der Waals surface area contributed by atoms with Gasteiger partial charge in [-0.1, -0.05) is 44.9 Å². The maximum absolute atomic E-state index is 4.65. The fourth-order valence-electron chi connectivity index (χ4n) is 2.60. The zero-order valence-electron chi connectivity index (χ0n) is 13.0. The van der Waals surface area contributed by atoms with Gasteiger partial charge in [0.25, 0.3) is 0 Å². The molecular weight excluding hydrogens is 244 g/mol. The maximum atomic E-state index is 4.65. The van der Waals surface area contributed by atoms with Crippen LogP contribution in [0.15, 0.2) is 30.3 Å². The summed E-state index contributed by atoms with van der Waals surface area (Å²) in [6.45, 7) is 8.89. The molecule has 0 aliphatic rings. The molecule has 0 radical (unpaired) electrons. The van der Waals surface area contributed by atoms with E-state index in [1.54, 1.807) is 0 Å². The molecule has 1 heterocycles. The van der Waals surface area contributed by atoms with Gasteiger partial charge >= 0.3 is 0 Å². The van der Waals surface area contributed by atoms with Gasteiger partial charge in [0.2, 0.25) is 0 Å². The van der Waals surface area contributed by atoms with Gasteiger partial charge in [-0.05, 0) is 31.9 Å². The molecule has 1 aromatic carbocycles. The first-order valence-electron chi connectivity index (χ1n) is 7.87. The highest BCUT2D eigenvalue weighted by atomic mass is 15.1. The van der Waals surface area contributed by atoms with Crippen LogP contribution in [0.25, 0.3) is 10.9 Å². The van der Waals surface area contributed by atoms with Crippen LogP contribution in [0.1, 0.15) is 45.2 Å². The molecule has 0 N–H and O–H groups in total. The van der Waals surface area contributed by atoms with E-state index < -0.39 is 0 Å². The van der Waals surface area contributed by atoms with E-state index in [1.165, 1.54) is 36.8 Å². The van der Waals surface area contributed by atoms with Gasteiger partial charge in [0, 0.05) is 29.9 Å². The Morgan fingerprint density at radius 1 is 1.00 bits per heavy atom. The average Bonchev–Trinajstić information content (AvgIpc) is 2.46. The van der Waals surface area contributed by atoms with Gasteiger partial charge in [0.05, 0.1) is 5.52 Å². The number of unbranched alkanes of at least 4 members (excludes halogenated alkanes) is 2. The third-order valence-corrected chi connectivity index (χ3v) is 3.73. The fraction of sp³-hybridized carbons (Fsp3) is 0.500. The van der Waals surface area contributed by atoms with E-state index in [0.717, 1.165) is 24.3 Å². The third-order valence-electron chi connectivity index (χ3n) is 3.73. The van der Waals surface area contributed by atoms with Crippen LogP contribution in [0, 0.1) is 6.92 Å². The van der Waals surface area contributed by atoms with Gasteiger partial charge in [-0.2, -0.15) is 0 Å². The normalized spacial score (nSPS) is 10.9. The highest BCUT2D eigenvalue weighted by Gasteiger charge is 2.11. The minimum absolute atomic E-state index is 1.11. The first kappa shape index (κ1) is 14.8. The number of aryl methyl sites for hydroxylation is 1. The van der Waals surface area contributed by atoms with Crippen molar-refractivity contribution in [1.82, 2.24) is 4.98 Å². The molecule has 1 aromatic heterocycles. The molecule has 0 spiro atoms. The van der Waals surface area contributed by atoms with E-state index >= 15 is 0 Å². The average molecular weight is 270 g/mol. The van der Waals surface area contributed by atoms with Crippen molar-refractivity contribution in [2.45, 2.75) is 46.5 Å². The van der Waals surface area contributed by atoms with E-state index in [2.05, 4.69) is 61.0 Å². The molecule has 0 aliphatic carbocycles. The summed E-state index contributed by atoms with van der Waals surface area (Å²) in [7, 11) is 0. The summed E-state index contributed by atoms with van der Waals surface area (Å²) in [4.78, 5) is 7.20. The number of nitrogens with zero attached hydrogens (tertiary/aromatic N) is 2. The van der Waals surface area contributed by atoms with Gasteiger partial charge in [-0.3, -0.25) is 4.98 Å². The van der Waals surface area contributed by atoms with Crippen LogP contribution in [0.3, 0.4) is 0 Å². The van der Waals surface area contributed by atoms with Crippen LogP contribution in [0.2, 0.25) is 0 Å². The molecule has 0 unspecified atom stereocenters. The fourth-order valence-corrected chi connectivity index (χ4v) is 2.60. The van der Waals surface area contributed by atoms with Crippen molar-refractivity contribution in [3.05, 3.63) is 36.0 Å². The van der Waals surface area contributed by atoms with E-state index in [-0.39, 0.29) is 0 Å². The number of rotatable bonds is 7.